The molecule has 1 aliphatic heterocycles. The van der Waals surface area contributed by atoms with Gasteiger partial charge in [0.2, 0.25) is 11.8 Å². The third-order valence-corrected chi connectivity index (χ3v) is 3.46. The Bertz CT molecular complexity index is 289. The van der Waals surface area contributed by atoms with Gasteiger partial charge < -0.3 is 15.7 Å². The van der Waals surface area contributed by atoms with Crippen LogP contribution in [0.1, 0.15) is 12.8 Å². The fraction of sp³-hybridized carbons (Fsp3) is 0.667. The first kappa shape index (κ1) is 12.8. The van der Waals surface area contributed by atoms with E-state index in [2.05, 4.69) is 10.6 Å². The molecule has 16 heavy (non-hydrogen) atoms. The molecule has 0 radical (unpaired) electrons. The zero-order chi connectivity index (χ0) is 12.0. The molecule has 1 rings (SSSR count). The van der Waals surface area contributed by atoms with Crippen LogP contribution >= 0.6 is 11.8 Å². The lowest BCUT2D eigenvalue weighted by Gasteiger charge is -2.09. The van der Waals surface area contributed by atoms with Gasteiger partial charge in [0.1, 0.15) is 6.54 Å². The van der Waals surface area contributed by atoms with E-state index in [1.165, 1.54) is 0 Å². The van der Waals surface area contributed by atoms with E-state index in [4.69, 9.17) is 5.11 Å². The van der Waals surface area contributed by atoms with Crippen molar-refractivity contribution >= 4 is 29.5 Å². The molecule has 1 fully saturated rings. The van der Waals surface area contributed by atoms with Crippen molar-refractivity contribution in [2.24, 2.45) is 0 Å². The lowest BCUT2D eigenvalue weighted by Crippen LogP contribution is -2.41. The standard InChI is InChI=1S/C9H14N2O4S/c12-7(10-5-8(13)14)4-11-9(15)6-2-1-3-16-6/h6H,1-5H2,(H,10,12)(H,11,15)(H,13,14). The summed E-state index contributed by atoms with van der Waals surface area (Å²) in [4.78, 5) is 32.7. The number of rotatable bonds is 5. The zero-order valence-electron chi connectivity index (χ0n) is 8.69. The van der Waals surface area contributed by atoms with Crippen LogP contribution in [0.3, 0.4) is 0 Å². The molecule has 0 spiro atoms. The highest BCUT2D eigenvalue weighted by molar-refractivity contribution is 8.00. The van der Waals surface area contributed by atoms with E-state index in [1.54, 1.807) is 11.8 Å². The molecule has 1 unspecified atom stereocenters. The Morgan fingerprint density at radius 2 is 2.00 bits per heavy atom. The van der Waals surface area contributed by atoms with Crippen molar-refractivity contribution in [3.63, 3.8) is 0 Å². The number of carboxylic acid groups (broad SMARTS) is 1. The molecule has 2 amide bonds. The van der Waals surface area contributed by atoms with E-state index in [1.807, 2.05) is 0 Å². The smallest absolute Gasteiger partial charge is 0.322 e. The van der Waals surface area contributed by atoms with Crippen LogP contribution in [0.5, 0.6) is 0 Å². The fourth-order valence-corrected chi connectivity index (χ4v) is 2.49. The van der Waals surface area contributed by atoms with Crippen LogP contribution in [0.15, 0.2) is 0 Å². The number of amides is 2. The van der Waals surface area contributed by atoms with E-state index in [0.29, 0.717) is 0 Å². The second-order valence-electron chi connectivity index (χ2n) is 3.39. The van der Waals surface area contributed by atoms with Crippen molar-refractivity contribution in [2.75, 3.05) is 18.8 Å². The van der Waals surface area contributed by atoms with E-state index in [9.17, 15) is 14.4 Å². The van der Waals surface area contributed by atoms with Crippen LogP contribution in [-0.2, 0) is 14.4 Å². The molecule has 90 valence electrons. The van der Waals surface area contributed by atoms with Crippen molar-refractivity contribution in [2.45, 2.75) is 18.1 Å². The Hall–Kier alpha value is -1.24. The number of carboxylic acids is 1. The maximum Gasteiger partial charge on any atom is 0.322 e. The quantitative estimate of drug-likeness (QED) is 0.590. The summed E-state index contributed by atoms with van der Waals surface area (Å²) in [7, 11) is 0. The van der Waals surface area contributed by atoms with Gasteiger partial charge in [0.15, 0.2) is 0 Å². The largest absolute Gasteiger partial charge is 0.480 e. The highest BCUT2D eigenvalue weighted by Gasteiger charge is 2.23. The molecule has 7 heteroatoms. The number of aliphatic carboxylic acids is 1. The molecular formula is C9H14N2O4S. The normalized spacial score (nSPS) is 19.1. The lowest BCUT2D eigenvalue weighted by atomic mass is 10.2. The van der Waals surface area contributed by atoms with E-state index in [0.717, 1.165) is 18.6 Å². The third kappa shape index (κ3) is 4.52. The van der Waals surface area contributed by atoms with Gasteiger partial charge >= 0.3 is 5.97 Å². The highest BCUT2D eigenvalue weighted by atomic mass is 32.2. The minimum atomic E-state index is -1.11. The summed E-state index contributed by atoms with van der Waals surface area (Å²) in [6, 6.07) is 0. The Morgan fingerprint density at radius 3 is 2.56 bits per heavy atom. The monoisotopic (exact) mass is 246 g/mol. The Kier molecular flexibility index (Phi) is 5.10. The van der Waals surface area contributed by atoms with Crippen LogP contribution in [0.4, 0.5) is 0 Å². The zero-order valence-corrected chi connectivity index (χ0v) is 9.51. The maximum atomic E-state index is 11.5. The Balaban J connectivity index is 2.15. The number of carbonyl (C=O) groups is 3. The first-order valence-electron chi connectivity index (χ1n) is 4.97. The van der Waals surface area contributed by atoms with Gasteiger partial charge in [-0.15, -0.1) is 11.8 Å². The minimum absolute atomic E-state index is 0.0627. The molecule has 0 aromatic rings. The van der Waals surface area contributed by atoms with Crippen molar-refractivity contribution in [1.29, 1.82) is 0 Å². The Morgan fingerprint density at radius 1 is 1.25 bits per heavy atom. The molecule has 0 aromatic heterocycles. The fourth-order valence-electron chi connectivity index (χ4n) is 1.30. The van der Waals surface area contributed by atoms with Crippen LogP contribution in [0.2, 0.25) is 0 Å². The molecule has 0 saturated carbocycles. The number of thioether (sulfide) groups is 1. The number of hydrogen-bond donors (Lipinski definition) is 3. The molecule has 1 heterocycles. The molecular weight excluding hydrogens is 232 g/mol. The average molecular weight is 246 g/mol. The number of carbonyl (C=O) groups excluding carboxylic acids is 2. The van der Waals surface area contributed by atoms with Gasteiger partial charge in [-0.3, -0.25) is 14.4 Å². The van der Waals surface area contributed by atoms with Crippen LogP contribution in [0.25, 0.3) is 0 Å². The molecule has 0 bridgehead atoms. The summed E-state index contributed by atoms with van der Waals surface area (Å²) in [5, 5.41) is 12.9. The molecule has 1 atom stereocenters. The summed E-state index contributed by atoms with van der Waals surface area (Å²) < 4.78 is 0. The predicted molar refractivity (Wildman–Crippen MR) is 59.1 cm³/mol. The highest BCUT2D eigenvalue weighted by Crippen LogP contribution is 2.25. The second-order valence-corrected chi connectivity index (χ2v) is 4.70. The number of hydrogen-bond acceptors (Lipinski definition) is 4. The van der Waals surface area contributed by atoms with Crippen LogP contribution in [0, 0.1) is 0 Å². The molecule has 1 aliphatic rings. The molecule has 6 nitrogen and oxygen atoms in total. The van der Waals surface area contributed by atoms with Gasteiger partial charge in [-0.25, -0.2) is 0 Å². The first-order valence-corrected chi connectivity index (χ1v) is 6.02. The van der Waals surface area contributed by atoms with Gasteiger partial charge in [0.25, 0.3) is 0 Å². The summed E-state index contributed by atoms with van der Waals surface area (Å²) >= 11 is 1.58. The first-order chi connectivity index (χ1) is 7.59. The van der Waals surface area contributed by atoms with Gasteiger partial charge in [-0.2, -0.15) is 0 Å². The van der Waals surface area contributed by atoms with Crippen molar-refractivity contribution in [3.8, 4) is 0 Å². The third-order valence-electron chi connectivity index (χ3n) is 2.08. The lowest BCUT2D eigenvalue weighted by molar-refractivity contribution is -0.137. The molecule has 1 saturated heterocycles. The van der Waals surface area contributed by atoms with E-state index >= 15 is 0 Å². The summed E-state index contributed by atoms with van der Waals surface area (Å²) in [6.07, 6.45) is 1.86. The predicted octanol–water partition coefficient (Wildman–Crippen LogP) is -0.801. The Labute approximate surface area is 97.2 Å². The van der Waals surface area contributed by atoms with Gasteiger partial charge in [-0.05, 0) is 18.6 Å². The minimum Gasteiger partial charge on any atom is -0.480 e. The van der Waals surface area contributed by atoms with Gasteiger partial charge in [0, 0.05) is 0 Å². The van der Waals surface area contributed by atoms with Crippen LogP contribution in [-0.4, -0.2) is 47.0 Å². The van der Waals surface area contributed by atoms with Crippen molar-refractivity contribution in [3.05, 3.63) is 0 Å². The van der Waals surface area contributed by atoms with E-state index in [-0.39, 0.29) is 17.7 Å². The van der Waals surface area contributed by atoms with Gasteiger partial charge in [-0.1, -0.05) is 0 Å². The molecule has 0 aliphatic carbocycles. The SMILES string of the molecule is O=C(O)CNC(=O)CNC(=O)C1CCCS1. The second kappa shape index (κ2) is 6.37. The van der Waals surface area contributed by atoms with Gasteiger partial charge in [0.05, 0.1) is 11.8 Å². The van der Waals surface area contributed by atoms with Crippen molar-refractivity contribution in [1.82, 2.24) is 10.6 Å². The topological polar surface area (TPSA) is 95.5 Å². The summed E-state index contributed by atoms with van der Waals surface area (Å²) in [5.41, 5.74) is 0. The van der Waals surface area contributed by atoms with E-state index < -0.39 is 18.4 Å². The number of nitrogens with one attached hydrogen (secondary N) is 2. The maximum absolute atomic E-state index is 11.5. The molecule has 3 N–H and O–H groups in total. The summed E-state index contributed by atoms with van der Waals surface area (Å²) in [6.45, 7) is -0.587. The summed E-state index contributed by atoms with van der Waals surface area (Å²) in [5.74, 6) is -0.763. The molecule has 0 aromatic carbocycles. The average Bonchev–Trinajstić information content (AvgIpc) is 2.76. The van der Waals surface area contributed by atoms with Crippen molar-refractivity contribution < 1.29 is 19.5 Å². The van der Waals surface area contributed by atoms with Crippen LogP contribution < -0.4 is 10.6 Å².